The molecule has 10 nitrogen and oxygen atoms in total. The molecule has 1 aliphatic heterocycles. The summed E-state index contributed by atoms with van der Waals surface area (Å²) in [4.78, 5) is 25.4. The number of carboxylic acids is 1. The molecule has 2 heterocycles. The summed E-state index contributed by atoms with van der Waals surface area (Å²) in [6.45, 7) is 1.16. The summed E-state index contributed by atoms with van der Waals surface area (Å²) in [6, 6.07) is 9.05. The van der Waals surface area contributed by atoms with Crippen molar-refractivity contribution < 1.29 is 37.0 Å². The first-order valence-electron chi connectivity index (χ1n) is 9.18. The Labute approximate surface area is 173 Å². The Bertz CT molecular complexity index is 1010. The molecule has 0 saturated carbocycles. The van der Waals surface area contributed by atoms with E-state index in [2.05, 4.69) is 0 Å². The van der Waals surface area contributed by atoms with Crippen molar-refractivity contribution in [2.45, 2.75) is 5.09 Å². The molecule has 0 atom stereocenters. The first-order valence-corrected chi connectivity index (χ1v) is 10.6. The molecule has 0 spiro atoms. The van der Waals surface area contributed by atoms with Gasteiger partial charge in [0.25, 0.3) is 15.9 Å². The highest BCUT2D eigenvalue weighted by molar-refractivity contribution is 7.89. The van der Waals surface area contributed by atoms with Gasteiger partial charge in [-0.15, -0.1) is 0 Å². The molecule has 1 saturated heterocycles. The van der Waals surface area contributed by atoms with E-state index in [-0.39, 0.29) is 32.1 Å². The number of hydrogen-bond donors (Lipinski definition) is 1. The zero-order valence-corrected chi connectivity index (χ0v) is 17.1. The average molecular weight is 438 g/mol. The number of hydrogen-bond acceptors (Lipinski definition) is 7. The van der Waals surface area contributed by atoms with Crippen LogP contribution < -0.4 is 4.74 Å². The normalized spacial score (nSPS) is 15.2. The number of ether oxygens (including phenoxy) is 2. The number of carbonyl (C=O) groups excluding carboxylic acids is 1. The molecule has 1 aromatic carbocycles. The number of furan rings is 1. The fourth-order valence-corrected chi connectivity index (χ4v) is 4.34. The minimum atomic E-state index is -3.98. The van der Waals surface area contributed by atoms with Crippen LogP contribution >= 0.6 is 0 Å². The Hall–Kier alpha value is -2.89. The first-order chi connectivity index (χ1) is 14.3. The van der Waals surface area contributed by atoms with Crippen LogP contribution in [0.5, 0.6) is 5.75 Å². The number of carbonyl (C=O) groups is 2. The first kappa shape index (κ1) is 21.8. The molecule has 162 valence electrons. The maximum Gasteiger partial charge on any atom is 0.371 e. The Kier molecular flexibility index (Phi) is 6.75. The van der Waals surface area contributed by atoms with Gasteiger partial charge in [0.15, 0.2) is 0 Å². The minimum absolute atomic E-state index is 0.0594. The van der Waals surface area contributed by atoms with Gasteiger partial charge in [-0.3, -0.25) is 4.79 Å². The second-order valence-corrected chi connectivity index (χ2v) is 8.33. The monoisotopic (exact) mass is 438 g/mol. The van der Waals surface area contributed by atoms with E-state index in [0.717, 1.165) is 12.1 Å². The molecule has 30 heavy (non-hydrogen) atoms. The van der Waals surface area contributed by atoms with Crippen LogP contribution in [0.2, 0.25) is 0 Å². The minimum Gasteiger partial charge on any atom is -0.490 e. The number of nitrogens with zero attached hydrogens (tertiary/aromatic N) is 2. The second kappa shape index (κ2) is 9.28. The van der Waals surface area contributed by atoms with E-state index < -0.39 is 26.8 Å². The number of methoxy groups -OCH3 is 1. The van der Waals surface area contributed by atoms with Crippen LogP contribution in [0.25, 0.3) is 0 Å². The Morgan fingerprint density at radius 3 is 2.40 bits per heavy atom. The molecule has 0 radical (unpaired) electrons. The molecule has 2 aromatic rings. The number of rotatable bonds is 8. The van der Waals surface area contributed by atoms with Gasteiger partial charge in [0, 0.05) is 33.3 Å². The number of sulfonamides is 1. The van der Waals surface area contributed by atoms with Crippen molar-refractivity contribution in [3.63, 3.8) is 0 Å². The number of para-hydroxylation sites is 1. The van der Waals surface area contributed by atoms with Gasteiger partial charge >= 0.3 is 5.97 Å². The molecule has 11 heteroatoms. The maximum atomic E-state index is 12.9. The van der Waals surface area contributed by atoms with Crippen LogP contribution in [-0.4, -0.2) is 81.1 Å². The maximum absolute atomic E-state index is 12.9. The predicted molar refractivity (Wildman–Crippen MR) is 104 cm³/mol. The van der Waals surface area contributed by atoms with Gasteiger partial charge in [-0.1, -0.05) is 12.1 Å². The Morgan fingerprint density at radius 2 is 1.77 bits per heavy atom. The van der Waals surface area contributed by atoms with E-state index in [1.807, 2.05) is 0 Å². The van der Waals surface area contributed by atoms with E-state index in [0.29, 0.717) is 24.5 Å². The van der Waals surface area contributed by atoms with E-state index in [9.17, 15) is 18.0 Å². The number of amides is 1. The van der Waals surface area contributed by atoms with Crippen molar-refractivity contribution in [3.05, 3.63) is 47.7 Å². The summed E-state index contributed by atoms with van der Waals surface area (Å²) in [5.41, 5.74) is 0.391. The van der Waals surface area contributed by atoms with Crippen molar-refractivity contribution in [1.82, 2.24) is 9.21 Å². The van der Waals surface area contributed by atoms with Gasteiger partial charge in [-0.25, -0.2) is 13.2 Å². The zero-order chi connectivity index (χ0) is 21.7. The van der Waals surface area contributed by atoms with Crippen LogP contribution in [0.15, 0.2) is 45.9 Å². The average Bonchev–Trinajstić information content (AvgIpc) is 3.26. The topological polar surface area (TPSA) is 127 Å². The zero-order valence-electron chi connectivity index (χ0n) is 16.3. The molecule has 1 fully saturated rings. The second-order valence-electron chi connectivity index (χ2n) is 6.46. The largest absolute Gasteiger partial charge is 0.490 e. The Balaban J connectivity index is 1.66. The molecule has 3 rings (SSSR count). The standard InChI is InChI=1S/C19H22N2O8S/c1-27-12-13-28-15-5-3-2-4-14(15)18(22)20-8-10-21(11-9-20)30(25,26)17-7-6-16(29-17)19(23)24/h2-7H,8-13H2,1H3,(H,23,24). The molecule has 0 bridgehead atoms. The fourth-order valence-electron chi connectivity index (χ4n) is 3.01. The summed E-state index contributed by atoms with van der Waals surface area (Å²) in [7, 11) is -2.43. The third-order valence-corrected chi connectivity index (χ3v) is 6.35. The number of piperazine rings is 1. The van der Waals surface area contributed by atoms with Gasteiger partial charge in [-0.05, 0) is 24.3 Å². The Morgan fingerprint density at radius 1 is 1.07 bits per heavy atom. The van der Waals surface area contributed by atoms with Crippen molar-refractivity contribution in [2.75, 3.05) is 46.5 Å². The summed E-state index contributed by atoms with van der Waals surface area (Å²) >= 11 is 0. The molecular weight excluding hydrogens is 416 g/mol. The van der Waals surface area contributed by atoms with E-state index in [4.69, 9.17) is 19.0 Å². The highest BCUT2D eigenvalue weighted by atomic mass is 32.2. The third-order valence-electron chi connectivity index (χ3n) is 4.57. The third kappa shape index (κ3) is 4.64. The molecule has 1 amide bonds. The van der Waals surface area contributed by atoms with Crippen LogP contribution in [0.4, 0.5) is 0 Å². The van der Waals surface area contributed by atoms with Crippen LogP contribution in [0.1, 0.15) is 20.9 Å². The van der Waals surface area contributed by atoms with Gasteiger partial charge in [0.05, 0.1) is 12.2 Å². The van der Waals surface area contributed by atoms with Crippen molar-refractivity contribution >= 4 is 21.9 Å². The lowest BCUT2D eigenvalue weighted by Crippen LogP contribution is -2.50. The molecular formula is C19H22N2O8S. The smallest absolute Gasteiger partial charge is 0.371 e. The molecule has 1 N–H and O–H groups in total. The number of benzene rings is 1. The van der Waals surface area contributed by atoms with E-state index in [1.165, 1.54) is 4.31 Å². The molecule has 1 aromatic heterocycles. The summed E-state index contributed by atoms with van der Waals surface area (Å²) < 4.78 is 42.0. The number of aromatic carboxylic acids is 1. The molecule has 0 aliphatic carbocycles. The highest BCUT2D eigenvalue weighted by Crippen LogP contribution is 2.23. The molecule has 1 aliphatic rings. The quantitative estimate of drug-likeness (QED) is 0.608. The van der Waals surface area contributed by atoms with Crippen molar-refractivity contribution in [2.24, 2.45) is 0 Å². The lowest BCUT2D eigenvalue weighted by Gasteiger charge is -2.33. The fraction of sp³-hybridized carbons (Fsp3) is 0.368. The van der Waals surface area contributed by atoms with Crippen molar-refractivity contribution in [3.8, 4) is 5.75 Å². The number of carboxylic acid groups (broad SMARTS) is 1. The predicted octanol–water partition coefficient (Wildman–Crippen LogP) is 1.15. The van der Waals surface area contributed by atoms with Crippen LogP contribution in [-0.2, 0) is 14.8 Å². The lowest BCUT2D eigenvalue weighted by atomic mass is 10.1. The molecule has 0 unspecified atom stereocenters. The highest BCUT2D eigenvalue weighted by Gasteiger charge is 2.33. The van der Waals surface area contributed by atoms with Gasteiger partial charge in [0.1, 0.15) is 12.4 Å². The van der Waals surface area contributed by atoms with E-state index >= 15 is 0 Å². The van der Waals surface area contributed by atoms with Gasteiger partial charge in [0.2, 0.25) is 10.9 Å². The van der Waals surface area contributed by atoms with Gasteiger partial charge < -0.3 is 23.9 Å². The summed E-state index contributed by atoms with van der Waals surface area (Å²) in [6.07, 6.45) is 0. The van der Waals surface area contributed by atoms with E-state index in [1.54, 1.807) is 36.3 Å². The van der Waals surface area contributed by atoms with Crippen LogP contribution in [0.3, 0.4) is 0 Å². The lowest BCUT2D eigenvalue weighted by molar-refractivity contribution is 0.0650. The van der Waals surface area contributed by atoms with Gasteiger partial charge in [-0.2, -0.15) is 4.31 Å². The SMILES string of the molecule is COCCOc1ccccc1C(=O)N1CCN(S(=O)(=O)c2ccc(C(=O)O)o2)CC1. The summed E-state index contributed by atoms with van der Waals surface area (Å²) in [5, 5.41) is 8.47. The van der Waals surface area contributed by atoms with Crippen LogP contribution in [0, 0.1) is 0 Å². The summed E-state index contributed by atoms with van der Waals surface area (Å²) in [5.74, 6) is -1.62. The van der Waals surface area contributed by atoms with Crippen molar-refractivity contribution in [1.29, 1.82) is 0 Å².